The Morgan fingerprint density at radius 1 is 1.44 bits per heavy atom. The number of rotatable bonds is 2. The first-order chi connectivity index (χ1) is 4.43. The maximum atomic E-state index is 3.36. The van der Waals surface area contributed by atoms with Crippen LogP contribution in [0.5, 0.6) is 0 Å². The summed E-state index contributed by atoms with van der Waals surface area (Å²) in [5.41, 5.74) is 0. The number of nitrogens with one attached hydrogen (secondary N) is 1. The molecule has 1 aliphatic rings. The second-order valence-corrected chi connectivity index (χ2v) is 2.84. The van der Waals surface area contributed by atoms with Gasteiger partial charge in [-0.05, 0) is 44.7 Å². The monoisotopic (exact) mass is 126 g/mol. The van der Waals surface area contributed by atoms with Crippen LogP contribution < -0.4 is 5.32 Å². The van der Waals surface area contributed by atoms with Gasteiger partial charge in [0.25, 0.3) is 0 Å². The number of hydrogen-bond donors (Lipinski definition) is 1. The molecule has 1 N–H and O–H groups in total. The second kappa shape index (κ2) is 3.89. The van der Waals surface area contributed by atoms with Gasteiger partial charge in [-0.1, -0.05) is 6.92 Å². The summed E-state index contributed by atoms with van der Waals surface area (Å²) in [5, 5.41) is 3.36. The molecule has 0 aromatic heterocycles. The second-order valence-electron chi connectivity index (χ2n) is 2.84. The lowest BCUT2D eigenvalue weighted by atomic mass is 9.94. The Labute approximate surface area is 57.8 Å². The van der Waals surface area contributed by atoms with Crippen molar-refractivity contribution >= 4 is 0 Å². The summed E-state index contributed by atoms with van der Waals surface area (Å²) in [6.07, 6.45) is 6.37. The molecule has 0 aromatic carbocycles. The van der Waals surface area contributed by atoms with E-state index in [9.17, 15) is 0 Å². The van der Waals surface area contributed by atoms with Crippen LogP contribution in [0.15, 0.2) is 0 Å². The van der Waals surface area contributed by atoms with E-state index in [1.165, 1.54) is 32.4 Å². The van der Waals surface area contributed by atoms with Gasteiger partial charge in [-0.25, -0.2) is 0 Å². The van der Waals surface area contributed by atoms with Crippen molar-refractivity contribution in [3.8, 4) is 0 Å². The van der Waals surface area contributed by atoms with E-state index in [2.05, 4.69) is 18.7 Å². The minimum atomic E-state index is 0.983. The molecule has 1 heterocycles. The Bertz CT molecular complexity index is 62.2. The maximum absolute atomic E-state index is 3.36. The Kier molecular flexibility index (Phi) is 3.05. The van der Waals surface area contributed by atoms with Gasteiger partial charge in [-0.2, -0.15) is 0 Å². The van der Waals surface area contributed by atoms with Crippen LogP contribution in [0.2, 0.25) is 0 Å². The van der Waals surface area contributed by atoms with Crippen molar-refractivity contribution in [2.75, 3.05) is 13.1 Å². The largest absolute Gasteiger partial charge is 0.317 e. The molecule has 9 heavy (non-hydrogen) atoms. The summed E-state index contributed by atoms with van der Waals surface area (Å²) in [6.45, 7) is 4.62. The zero-order valence-electron chi connectivity index (χ0n) is 6.19. The summed E-state index contributed by atoms with van der Waals surface area (Å²) in [7, 11) is 0. The van der Waals surface area contributed by atoms with Crippen LogP contribution in [0.4, 0.5) is 0 Å². The van der Waals surface area contributed by atoms with Crippen LogP contribution in [-0.4, -0.2) is 13.1 Å². The normalized spacial score (nSPS) is 22.3. The molecule has 0 atom stereocenters. The fourth-order valence-electron chi connectivity index (χ4n) is 1.45. The molecule has 0 aliphatic carbocycles. The quantitative estimate of drug-likeness (QED) is 0.592. The van der Waals surface area contributed by atoms with Crippen LogP contribution in [-0.2, 0) is 0 Å². The van der Waals surface area contributed by atoms with Crippen molar-refractivity contribution in [3.05, 3.63) is 6.42 Å². The molecule has 0 spiro atoms. The van der Waals surface area contributed by atoms with Gasteiger partial charge in [0.2, 0.25) is 0 Å². The summed E-state index contributed by atoms with van der Waals surface area (Å²) in [6, 6.07) is 0. The van der Waals surface area contributed by atoms with E-state index in [0.29, 0.717) is 0 Å². The van der Waals surface area contributed by atoms with Gasteiger partial charge >= 0.3 is 0 Å². The third kappa shape index (κ3) is 2.35. The standard InChI is InChI=1S/C8H16N/c1-2-3-8-4-6-9-7-5-8/h2,8-9H,3-7H2,1H3. The predicted molar refractivity (Wildman–Crippen MR) is 40.2 cm³/mol. The van der Waals surface area contributed by atoms with Crippen LogP contribution in [0.25, 0.3) is 0 Å². The Morgan fingerprint density at radius 3 is 2.67 bits per heavy atom. The third-order valence-electron chi connectivity index (χ3n) is 2.03. The Hall–Kier alpha value is -0.0400. The van der Waals surface area contributed by atoms with Crippen molar-refractivity contribution in [2.45, 2.75) is 26.2 Å². The molecule has 0 saturated carbocycles. The summed E-state index contributed by atoms with van der Waals surface area (Å²) >= 11 is 0. The molecule has 53 valence electrons. The lowest BCUT2D eigenvalue weighted by Crippen LogP contribution is -2.27. The minimum absolute atomic E-state index is 0.983. The molecule has 0 amide bonds. The highest BCUT2D eigenvalue weighted by Crippen LogP contribution is 2.16. The van der Waals surface area contributed by atoms with Crippen molar-refractivity contribution in [3.63, 3.8) is 0 Å². The van der Waals surface area contributed by atoms with Gasteiger partial charge in [-0.3, -0.25) is 0 Å². The zero-order valence-corrected chi connectivity index (χ0v) is 6.19. The van der Waals surface area contributed by atoms with Crippen molar-refractivity contribution < 1.29 is 0 Å². The highest BCUT2D eigenvalue weighted by atomic mass is 14.9. The molecule has 1 heteroatoms. The van der Waals surface area contributed by atoms with E-state index >= 15 is 0 Å². The van der Waals surface area contributed by atoms with E-state index in [4.69, 9.17) is 0 Å². The van der Waals surface area contributed by atoms with Gasteiger partial charge in [-0.15, -0.1) is 0 Å². The molecule has 1 nitrogen and oxygen atoms in total. The molecular formula is C8H16N. The maximum Gasteiger partial charge on any atom is -0.00463 e. The summed E-state index contributed by atoms with van der Waals surface area (Å²) in [5.74, 6) is 0.983. The van der Waals surface area contributed by atoms with Crippen LogP contribution in [0.3, 0.4) is 0 Å². The van der Waals surface area contributed by atoms with Gasteiger partial charge in [0.15, 0.2) is 0 Å². The number of hydrogen-bond acceptors (Lipinski definition) is 1. The van der Waals surface area contributed by atoms with E-state index < -0.39 is 0 Å². The lowest BCUT2D eigenvalue weighted by Gasteiger charge is -2.21. The smallest absolute Gasteiger partial charge is 0.00463 e. The summed E-state index contributed by atoms with van der Waals surface area (Å²) in [4.78, 5) is 0. The fourth-order valence-corrected chi connectivity index (χ4v) is 1.45. The SMILES string of the molecule is C[CH]CC1CCNCC1. The highest BCUT2D eigenvalue weighted by Gasteiger charge is 2.10. The third-order valence-corrected chi connectivity index (χ3v) is 2.03. The molecule has 1 rings (SSSR count). The molecule has 0 unspecified atom stereocenters. The van der Waals surface area contributed by atoms with E-state index in [1.807, 2.05) is 0 Å². The van der Waals surface area contributed by atoms with Crippen LogP contribution in [0.1, 0.15) is 26.2 Å². The topological polar surface area (TPSA) is 12.0 Å². The molecule has 1 fully saturated rings. The molecule has 1 aliphatic heterocycles. The van der Waals surface area contributed by atoms with Crippen molar-refractivity contribution in [1.29, 1.82) is 0 Å². The lowest BCUT2D eigenvalue weighted by molar-refractivity contribution is 0.370. The number of piperidine rings is 1. The van der Waals surface area contributed by atoms with Crippen molar-refractivity contribution in [1.82, 2.24) is 5.32 Å². The highest BCUT2D eigenvalue weighted by molar-refractivity contribution is 4.72. The first kappa shape index (κ1) is 7.07. The van der Waals surface area contributed by atoms with Crippen LogP contribution in [0, 0.1) is 12.3 Å². The van der Waals surface area contributed by atoms with E-state index in [0.717, 1.165) is 5.92 Å². The minimum Gasteiger partial charge on any atom is -0.317 e. The van der Waals surface area contributed by atoms with E-state index in [1.54, 1.807) is 0 Å². The van der Waals surface area contributed by atoms with Gasteiger partial charge < -0.3 is 5.32 Å². The first-order valence-corrected chi connectivity index (χ1v) is 3.92. The van der Waals surface area contributed by atoms with Gasteiger partial charge in [0.1, 0.15) is 0 Å². The molecule has 0 bridgehead atoms. The van der Waals surface area contributed by atoms with Crippen LogP contribution >= 0.6 is 0 Å². The zero-order chi connectivity index (χ0) is 6.53. The fraction of sp³-hybridized carbons (Fsp3) is 0.875. The molecular weight excluding hydrogens is 110 g/mol. The van der Waals surface area contributed by atoms with Gasteiger partial charge in [0, 0.05) is 0 Å². The first-order valence-electron chi connectivity index (χ1n) is 3.92. The van der Waals surface area contributed by atoms with E-state index in [-0.39, 0.29) is 0 Å². The van der Waals surface area contributed by atoms with Gasteiger partial charge in [0.05, 0.1) is 0 Å². The Morgan fingerprint density at radius 2 is 2.11 bits per heavy atom. The average Bonchev–Trinajstić information content (AvgIpc) is 1.91. The predicted octanol–water partition coefficient (Wildman–Crippen LogP) is 1.60. The molecule has 1 saturated heterocycles. The van der Waals surface area contributed by atoms with Crippen molar-refractivity contribution in [2.24, 2.45) is 5.92 Å². The molecule has 0 aromatic rings. The average molecular weight is 126 g/mol. The summed E-state index contributed by atoms with van der Waals surface area (Å²) < 4.78 is 0. The molecule has 1 radical (unpaired) electrons. The Balaban J connectivity index is 2.08.